The summed E-state index contributed by atoms with van der Waals surface area (Å²) in [6.45, 7) is 8.57. The molecule has 0 amide bonds. The molecule has 5 nitrogen and oxygen atoms in total. The van der Waals surface area contributed by atoms with E-state index in [9.17, 15) is 4.79 Å². The third-order valence-corrected chi connectivity index (χ3v) is 3.04. The molecule has 0 unspecified atom stereocenters. The molecule has 5 heteroatoms. The minimum atomic E-state index is -0.243. The second kappa shape index (κ2) is 6.64. The maximum atomic E-state index is 12.1. The largest absolute Gasteiger partial charge is 0.491 e. The highest BCUT2D eigenvalue weighted by Gasteiger charge is 2.10. The number of nitrogens with two attached hydrogens (primary N) is 1. The normalized spacial score (nSPS) is 11.2. The molecule has 0 fully saturated rings. The van der Waals surface area contributed by atoms with Gasteiger partial charge in [-0.05, 0) is 38.0 Å². The van der Waals surface area contributed by atoms with Crippen LogP contribution in [0, 0.1) is 5.92 Å². The van der Waals surface area contributed by atoms with Gasteiger partial charge in [-0.3, -0.25) is 4.79 Å². The average Bonchev–Trinajstić information content (AvgIpc) is 2.42. The highest BCUT2D eigenvalue weighted by atomic mass is 16.5. The van der Waals surface area contributed by atoms with Gasteiger partial charge >= 0.3 is 0 Å². The van der Waals surface area contributed by atoms with E-state index in [1.165, 1.54) is 4.68 Å². The summed E-state index contributed by atoms with van der Waals surface area (Å²) in [6, 6.07) is 9.26. The van der Waals surface area contributed by atoms with E-state index >= 15 is 0 Å². The third kappa shape index (κ3) is 3.87. The van der Waals surface area contributed by atoms with Crippen LogP contribution in [-0.4, -0.2) is 15.9 Å². The summed E-state index contributed by atoms with van der Waals surface area (Å²) < 4.78 is 7.13. The predicted octanol–water partition coefficient (Wildman–Crippen LogP) is 2.94. The molecule has 0 atom stereocenters. The van der Waals surface area contributed by atoms with Crippen molar-refractivity contribution in [3.63, 3.8) is 0 Å². The van der Waals surface area contributed by atoms with Crippen LogP contribution >= 0.6 is 0 Å². The molecule has 0 bridgehead atoms. The molecule has 22 heavy (non-hydrogen) atoms. The number of ether oxygens (including phenoxy) is 1. The Hall–Kier alpha value is -2.30. The van der Waals surface area contributed by atoms with Gasteiger partial charge in [-0.15, -0.1) is 0 Å². The zero-order valence-corrected chi connectivity index (χ0v) is 13.5. The van der Waals surface area contributed by atoms with Gasteiger partial charge in [-0.2, -0.15) is 5.10 Å². The van der Waals surface area contributed by atoms with Gasteiger partial charge < -0.3 is 10.5 Å². The fourth-order valence-corrected chi connectivity index (χ4v) is 2.17. The molecule has 1 aromatic carbocycles. The maximum absolute atomic E-state index is 12.1. The SMILES string of the molecule is CC(C)Cn1nc(-c2cccc(OC(C)C)c2)cc(N)c1=O. The van der Waals surface area contributed by atoms with Crippen LogP contribution in [0.3, 0.4) is 0 Å². The van der Waals surface area contributed by atoms with Crippen LogP contribution in [0.5, 0.6) is 5.75 Å². The third-order valence-electron chi connectivity index (χ3n) is 3.04. The van der Waals surface area contributed by atoms with Gasteiger partial charge in [-0.1, -0.05) is 26.0 Å². The first-order chi connectivity index (χ1) is 10.4. The highest BCUT2D eigenvalue weighted by molar-refractivity contribution is 5.63. The predicted molar refractivity (Wildman–Crippen MR) is 88.9 cm³/mol. The van der Waals surface area contributed by atoms with Crippen molar-refractivity contribution in [1.29, 1.82) is 0 Å². The Labute approximate surface area is 130 Å². The van der Waals surface area contributed by atoms with Crippen LogP contribution in [0.25, 0.3) is 11.3 Å². The molecule has 2 aromatic rings. The molecule has 0 saturated carbocycles. The van der Waals surface area contributed by atoms with Crippen LogP contribution < -0.4 is 16.0 Å². The quantitative estimate of drug-likeness (QED) is 0.921. The number of aromatic nitrogens is 2. The average molecular weight is 301 g/mol. The van der Waals surface area contributed by atoms with Crippen LogP contribution in [-0.2, 0) is 6.54 Å². The zero-order valence-electron chi connectivity index (χ0n) is 13.5. The van der Waals surface area contributed by atoms with Gasteiger partial charge in [0.2, 0.25) is 0 Å². The smallest absolute Gasteiger partial charge is 0.289 e. The Bertz CT molecular complexity index is 705. The molecule has 0 spiro atoms. The molecule has 2 N–H and O–H groups in total. The Morgan fingerprint density at radius 1 is 1.23 bits per heavy atom. The minimum Gasteiger partial charge on any atom is -0.491 e. The fraction of sp³-hybridized carbons (Fsp3) is 0.412. The lowest BCUT2D eigenvalue weighted by Crippen LogP contribution is -2.27. The van der Waals surface area contributed by atoms with E-state index in [1.807, 2.05) is 52.0 Å². The fourth-order valence-electron chi connectivity index (χ4n) is 2.17. The Morgan fingerprint density at radius 3 is 2.59 bits per heavy atom. The second-order valence-electron chi connectivity index (χ2n) is 6.06. The van der Waals surface area contributed by atoms with Crippen LogP contribution in [0.4, 0.5) is 5.69 Å². The van der Waals surface area contributed by atoms with E-state index < -0.39 is 0 Å². The summed E-state index contributed by atoms with van der Waals surface area (Å²) in [7, 11) is 0. The van der Waals surface area contributed by atoms with Crippen molar-refractivity contribution < 1.29 is 4.74 Å². The number of rotatable bonds is 5. The van der Waals surface area contributed by atoms with E-state index in [-0.39, 0.29) is 17.4 Å². The van der Waals surface area contributed by atoms with E-state index in [1.54, 1.807) is 6.07 Å². The van der Waals surface area contributed by atoms with Crippen molar-refractivity contribution in [2.24, 2.45) is 5.92 Å². The summed E-state index contributed by atoms with van der Waals surface area (Å²) >= 11 is 0. The molecule has 1 aromatic heterocycles. The molecule has 0 radical (unpaired) electrons. The topological polar surface area (TPSA) is 70.1 Å². The molecular formula is C17H23N3O2. The lowest BCUT2D eigenvalue weighted by atomic mass is 10.1. The van der Waals surface area contributed by atoms with Gasteiger partial charge in [0.05, 0.1) is 11.8 Å². The number of hydrogen-bond acceptors (Lipinski definition) is 4. The molecule has 0 aliphatic heterocycles. The van der Waals surface area contributed by atoms with Gasteiger partial charge in [0, 0.05) is 12.1 Å². The van der Waals surface area contributed by atoms with Crippen molar-refractivity contribution in [2.75, 3.05) is 5.73 Å². The monoisotopic (exact) mass is 301 g/mol. The first-order valence-electron chi connectivity index (χ1n) is 7.51. The van der Waals surface area contributed by atoms with Crippen LogP contribution in [0.1, 0.15) is 27.7 Å². The Morgan fingerprint density at radius 2 is 1.95 bits per heavy atom. The number of nitrogens with zero attached hydrogens (tertiary/aromatic N) is 2. The molecule has 0 aliphatic carbocycles. The van der Waals surface area contributed by atoms with Crippen molar-refractivity contribution in [3.05, 3.63) is 40.7 Å². The van der Waals surface area contributed by atoms with Crippen LogP contribution in [0.2, 0.25) is 0 Å². The van der Waals surface area contributed by atoms with Gasteiger partial charge in [-0.25, -0.2) is 4.68 Å². The summed E-state index contributed by atoms with van der Waals surface area (Å²) in [6.07, 6.45) is 0.100. The Balaban J connectivity index is 2.44. The number of anilines is 1. The van der Waals surface area contributed by atoms with Crippen molar-refractivity contribution in [2.45, 2.75) is 40.3 Å². The highest BCUT2D eigenvalue weighted by Crippen LogP contribution is 2.23. The van der Waals surface area contributed by atoms with Crippen molar-refractivity contribution in [3.8, 4) is 17.0 Å². The van der Waals surface area contributed by atoms with Crippen molar-refractivity contribution >= 4 is 5.69 Å². The Kier molecular flexibility index (Phi) is 4.85. The lowest BCUT2D eigenvalue weighted by Gasteiger charge is -2.13. The van der Waals surface area contributed by atoms with Gasteiger partial charge in [0.15, 0.2) is 0 Å². The van der Waals surface area contributed by atoms with Gasteiger partial charge in [0.25, 0.3) is 5.56 Å². The zero-order chi connectivity index (χ0) is 16.3. The maximum Gasteiger partial charge on any atom is 0.289 e. The number of benzene rings is 1. The van der Waals surface area contributed by atoms with Gasteiger partial charge in [0.1, 0.15) is 11.4 Å². The molecule has 0 saturated heterocycles. The van der Waals surface area contributed by atoms with E-state index in [0.717, 1.165) is 11.3 Å². The lowest BCUT2D eigenvalue weighted by molar-refractivity contribution is 0.242. The van der Waals surface area contributed by atoms with Crippen molar-refractivity contribution in [1.82, 2.24) is 9.78 Å². The summed E-state index contributed by atoms with van der Waals surface area (Å²) in [4.78, 5) is 12.1. The van der Waals surface area contributed by atoms with E-state index in [0.29, 0.717) is 18.2 Å². The first kappa shape index (κ1) is 16.1. The minimum absolute atomic E-state index is 0.100. The number of hydrogen-bond donors (Lipinski definition) is 1. The van der Waals surface area contributed by atoms with Crippen LogP contribution in [0.15, 0.2) is 35.1 Å². The molecule has 0 aliphatic rings. The second-order valence-corrected chi connectivity index (χ2v) is 6.06. The summed E-state index contributed by atoms with van der Waals surface area (Å²) in [5.41, 5.74) is 7.36. The summed E-state index contributed by atoms with van der Waals surface area (Å²) in [5.74, 6) is 1.09. The van der Waals surface area contributed by atoms with E-state index in [2.05, 4.69) is 5.10 Å². The standard InChI is InChI=1S/C17H23N3O2/c1-11(2)10-20-17(21)15(18)9-16(19-20)13-6-5-7-14(8-13)22-12(3)4/h5-9,11-12H,10,18H2,1-4H3. The summed E-state index contributed by atoms with van der Waals surface area (Å²) in [5, 5.41) is 4.43. The molecule has 118 valence electrons. The van der Waals surface area contributed by atoms with E-state index in [4.69, 9.17) is 10.5 Å². The number of nitrogen functional groups attached to an aromatic ring is 1. The molecule has 1 heterocycles. The molecule has 2 rings (SSSR count). The first-order valence-corrected chi connectivity index (χ1v) is 7.51. The molecular weight excluding hydrogens is 278 g/mol.